The highest BCUT2D eigenvalue weighted by Gasteiger charge is 2.76. The Morgan fingerprint density at radius 3 is 2.18 bits per heavy atom. The normalized spacial score (nSPS) is 23.9. The molecular formula is C27H22N2O5. The lowest BCUT2D eigenvalue weighted by molar-refractivity contribution is -0.142. The predicted octanol–water partition coefficient (Wildman–Crippen LogP) is 3.39. The predicted molar refractivity (Wildman–Crippen MR) is 125 cm³/mol. The number of para-hydroxylation sites is 2. The maximum Gasteiger partial charge on any atom is 0.338 e. The summed E-state index contributed by atoms with van der Waals surface area (Å²) in [6.45, 7) is 1.96. The van der Waals surface area contributed by atoms with Gasteiger partial charge >= 0.3 is 5.97 Å². The highest BCUT2D eigenvalue weighted by molar-refractivity contribution is 6.20. The molecular weight excluding hydrogens is 432 g/mol. The molecule has 3 aliphatic heterocycles. The van der Waals surface area contributed by atoms with Crippen LogP contribution in [-0.2, 0) is 25.3 Å². The molecule has 0 aromatic heterocycles. The molecule has 0 fully saturated rings. The smallest absolute Gasteiger partial charge is 0.338 e. The number of likely N-dealkylation sites (N-methyl/N-ethyl adjacent to an activating group) is 2. The third kappa shape index (κ3) is 2.10. The largest absolute Gasteiger partial charge is 0.470 e. The first-order valence-electron chi connectivity index (χ1n) is 11.2. The minimum atomic E-state index is -1.65. The molecule has 2 unspecified atom stereocenters. The number of amides is 2. The average Bonchev–Trinajstić information content (AvgIpc) is 3.38. The quantitative estimate of drug-likeness (QED) is 0.555. The minimum absolute atomic E-state index is 0.225. The first-order valence-corrected chi connectivity index (χ1v) is 11.2. The van der Waals surface area contributed by atoms with Crippen molar-refractivity contribution in [3.05, 3.63) is 89.0 Å². The number of esters is 1. The number of ether oxygens (including phenoxy) is 2. The molecule has 3 aromatic carbocycles. The van der Waals surface area contributed by atoms with Gasteiger partial charge < -0.3 is 19.3 Å². The van der Waals surface area contributed by atoms with Crippen molar-refractivity contribution < 1.29 is 23.9 Å². The Morgan fingerprint density at radius 1 is 0.853 bits per heavy atom. The maximum absolute atomic E-state index is 14.3. The Labute approximate surface area is 196 Å². The molecule has 3 heterocycles. The Bertz CT molecular complexity index is 1420. The zero-order valence-corrected chi connectivity index (χ0v) is 19.0. The topological polar surface area (TPSA) is 76.1 Å². The second-order valence-corrected chi connectivity index (χ2v) is 8.73. The summed E-state index contributed by atoms with van der Waals surface area (Å²) >= 11 is 0. The van der Waals surface area contributed by atoms with E-state index < -0.39 is 17.0 Å². The van der Waals surface area contributed by atoms with E-state index in [4.69, 9.17) is 9.47 Å². The van der Waals surface area contributed by atoms with Gasteiger partial charge in [0.2, 0.25) is 11.5 Å². The first-order chi connectivity index (χ1) is 16.4. The highest BCUT2D eigenvalue weighted by Crippen LogP contribution is 2.66. The summed E-state index contributed by atoms with van der Waals surface area (Å²) in [7, 11) is 3.39. The number of benzene rings is 3. The molecule has 3 aromatic rings. The Morgan fingerprint density at radius 2 is 1.47 bits per heavy atom. The molecule has 34 heavy (non-hydrogen) atoms. The third-order valence-electron chi connectivity index (χ3n) is 7.23. The second-order valence-electron chi connectivity index (χ2n) is 8.73. The van der Waals surface area contributed by atoms with E-state index in [1.165, 1.54) is 0 Å². The van der Waals surface area contributed by atoms with Gasteiger partial charge in [-0.1, -0.05) is 36.4 Å². The first kappa shape index (κ1) is 20.5. The summed E-state index contributed by atoms with van der Waals surface area (Å²) in [5, 5.41) is 0. The highest BCUT2D eigenvalue weighted by atomic mass is 16.5. The number of carbonyl (C=O) groups is 3. The summed E-state index contributed by atoms with van der Waals surface area (Å²) < 4.78 is 11.8. The van der Waals surface area contributed by atoms with E-state index in [0.717, 1.165) is 0 Å². The molecule has 2 amide bonds. The Balaban J connectivity index is 1.75. The van der Waals surface area contributed by atoms with Gasteiger partial charge in [-0.2, -0.15) is 0 Å². The zero-order chi connectivity index (χ0) is 23.8. The molecule has 0 saturated heterocycles. The van der Waals surface area contributed by atoms with Gasteiger partial charge in [0, 0.05) is 36.5 Å². The van der Waals surface area contributed by atoms with E-state index in [0.29, 0.717) is 39.4 Å². The van der Waals surface area contributed by atoms with Crippen LogP contribution in [0, 0.1) is 0 Å². The van der Waals surface area contributed by atoms with Crippen LogP contribution in [0.4, 0.5) is 11.4 Å². The van der Waals surface area contributed by atoms with Crippen LogP contribution in [-0.4, -0.2) is 38.5 Å². The fourth-order valence-electron chi connectivity index (χ4n) is 5.83. The number of fused-ring (bicyclic) bond motifs is 7. The summed E-state index contributed by atoms with van der Waals surface area (Å²) in [5.74, 6) is -0.721. The Kier molecular flexibility index (Phi) is 4.03. The summed E-state index contributed by atoms with van der Waals surface area (Å²) in [6, 6.07) is 19.7. The molecule has 0 aliphatic carbocycles. The van der Waals surface area contributed by atoms with Crippen LogP contribution in [0.5, 0.6) is 5.75 Å². The van der Waals surface area contributed by atoms with Crippen LogP contribution in [0.3, 0.4) is 0 Å². The third-order valence-corrected chi connectivity index (χ3v) is 7.23. The van der Waals surface area contributed by atoms with Crippen molar-refractivity contribution in [2.75, 3.05) is 30.5 Å². The van der Waals surface area contributed by atoms with E-state index in [-0.39, 0.29) is 18.4 Å². The molecule has 0 N–H and O–H groups in total. The standard InChI is InChI=1S/C27H22N2O5/c1-4-33-23(30)16-13-14-22-19(15-16)26(17-9-5-7-11-20(17)28(2)24(26)31)27(34-22)18-10-6-8-12-21(18)29(3)25(27)32/h5-15H,4H2,1-3H3. The number of anilines is 2. The van der Waals surface area contributed by atoms with Crippen molar-refractivity contribution in [3.63, 3.8) is 0 Å². The van der Waals surface area contributed by atoms with Gasteiger partial charge in [-0.05, 0) is 37.3 Å². The summed E-state index contributed by atoms with van der Waals surface area (Å²) in [4.78, 5) is 44.2. The van der Waals surface area contributed by atoms with E-state index in [9.17, 15) is 14.4 Å². The maximum atomic E-state index is 14.3. The van der Waals surface area contributed by atoms with Crippen molar-refractivity contribution in [2.45, 2.75) is 17.9 Å². The average molecular weight is 454 g/mol. The lowest BCUT2D eigenvalue weighted by Crippen LogP contribution is -2.59. The lowest BCUT2D eigenvalue weighted by atomic mass is 9.62. The molecule has 3 aliphatic rings. The molecule has 0 bridgehead atoms. The monoisotopic (exact) mass is 454 g/mol. The zero-order valence-electron chi connectivity index (χ0n) is 19.0. The van der Waals surface area contributed by atoms with Gasteiger partial charge in [-0.25, -0.2) is 4.79 Å². The fraction of sp³-hybridized carbons (Fsp3) is 0.222. The molecule has 6 rings (SSSR count). The van der Waals surface area contributed by atoms with Crippen LogP contribution < -0.4 is 14.5 Å². The van der Waals surface area contributed by atoms with E-state index in [1.54, 1.807) is 49.0 Å². The minimum Gasteiger partial charge on any atom is -0.470 e. The van der Waals surface area contributed by atoms with Crippen LogP contribution in [0.25, 0.3) is 0 Å². The number of carbonyl (C=O) groups excluding carboxylic acids is 3. The number of rotatable bonds is 2. The van der Waals surface area contributed by atoms with Crippen molar-refractivity contribution in [1.29, 1.82) is 0 Å². The van der Waals surface area contributed by atoms with E-state index in [2.05, 4.69) is 0 Å². The molecule has 0 saturated carbocycles. The fourth-order valence-corrected chi connectivity index (χ4v) is 5.83. The molecule has 170 valence electrons. The molecule has 2 spiro atoms. The van der Waals surface area contributed by atoms with Crippen LogP contribution in [0.1, 0.15) is 34.0 Å². The van der Waals surface area contributed by atoms with Gasteiger partial charge in [0.05, 0.1) is 17.9 Å². The molecule has 7 heteroatoms. The number of hydrogen-bond donors (Lipinski definition) is 0. The van der Waals surface area contributed by atoms with Gasteiger partial charge in [0.15, 0.2) is 5.41 Å². The van der Waals surface area contributed by atoms with Gasteiger partial charge in [-0.3, -0.25) is 9.59 Å². The molecule has 7 nitrogen and oxygen atoms in total. The molecule has 2 atom stereocenters. The van der Waals surface area contributed by atoms with Crippen LogP contribution in [0.2, 0.25) is 0 Å². The van der Waals surface area contributed by atoms with Gasteiger partial charge in [0.1, 0.15) is 5.75 Å². The SMILES string of the molecule is CCOC(=O)c1ccc2c(c1)C1(C(=O)N(C)c3ccccc31)C1(O2)C(=O)N(C)c2ccccc21. The van der Waals surface area contributed by atoms with Crippen LogP contribution in [0.15, 0.2) is 66.7 Å². The van der Waals surface area contributed by atoms with E-state index in [1.807, 2.05) is 48.5 Å². The second kappa shape index (κ2) is 6.70. The summed E-state index contributed by atoms with van der Waals surface area (Å²) in [5.41, 5.74) is 0.302. The Hall–Kier alpha value is -4.13. The van der Waals surface area contributed by atoms with Crippen molar-refractivity contribution >= 4 is 29.2 Å². The number of nitrogens with zero attached hydrogens (tertiary/aromatic N) is 2. The summed E-state index contributed by atoms with van der Waals surface area (Å²) in [6.07, 6.45) is 0. The van der Waals surface area contributed by atoms with Crippen molar-refractivity contribution in [2.24, 2.45) is 0 Å². The van der Waals surface area contributed by atoms with Crippen molar-refractivity contribution in [1.82, 2.24) is 0 Å². The molecule has 0 radical (unpaired) electrons. The van der Waals surface area contributed by atoms with Crippen molar-refractivity contribution in [3.8, 4) is 5.75 Å². The van der Waals surface area contributed by atoms with Gasteiger partial charge in [-0.15, -0.1) is 0 Å². The van der Waals surface area contributed by atoms with Crippen LogP contribution >= 0.6 is 0 Å². The number of hydrogen-bond acceptors (Lipinski definition) is 5. The lowest BCUT2D eigenvalue weighted by Gasteiger charge is -2.37. The van der Waals surface area contributed by atoms with E-state index >= 15 is 0 Å². The van der Waals surface area contributed by atoms with Gasteiger partial charge in [0.25, 0.3) is 5.91 Å².